The number of halogens is 3. The number of esters is 1. The van der Waals surface area contributed by atoms with E-state index in [-0.39, 0.29) is 42.5 Å². The van der Waals surface area contributed by atoms with Crippen molar-refractivity contribution in [1.29, 1.82) is 0 Å². The number of phenolic OH excluding ortho intramolecular Hbond substituents is 1. The molecule has 1 N–H and O–H groups in total. The molecule has 0 saturated heterocycles. The van der Waals surface area contributed by atoms with Gasteiger partial charge >= 0.3 is 12.3 Å². The van der Waals surface area contributed by atoms with Crippen LogP contribution in [-0.2, 0) is 14.3 Å². The van der Waals surface area contributed by atoms with E-state index >= 15 is 0 Å². The van der Waals surface area contributed by atoms with Crippen molar-refractivity contribution in [3.05, 3.63) is 17.7 Å². The van der Waals surface area contributed by atoms with Crippen molar-refractivity contribution >= 4 is 12.3 Å². The number of unbranched alkanes of at least 4 members (excludes halogenated alkanes) is 1. The van der Waals surface area contributed by atoms with Crippen LogP contribution in [0.5, 0.6) is 17.2 Å². The average molecular weight is 420 g/mol. The molecule has 10 heteroatoms. The van der Waals surface area contributed by atoms with E-state index in [9.17, 15) is 27.9 Å². The number of carbonyl (C=O) groups excluding carboxylic acids is 2. The molecule has 1 fully saturated rings. The Balaban J connectivity index is 1.74. The van der Waals surface area contributed by atoms with Gasteiger partial charge in [0.15, 0.2) is 17.8 Å². The summed E-state index contributed by atoms with van der Waals surface area (Å²) in [4.78, 5) is 22.8. The molecule has 0 heterocycles. The van der Waals surface area contributed by atoms with Gasteiger partial charge in [-0.2, -0.15) is 0 Å². The maximum Gasteiger partial charge on any atom is 0.573 e. The maximum atomic E-state index is 12.3. The minimum absolute atomic E-state index is 0.00185. The third kappa shape index (κ3) is 7.12. The van der Waals surface area contributed by atoms with E-state index in [1.165, 1.54) is 0 Å². The van der Waals surface area contributed by atoms with E-state index in [1.807, 2.05) is 6.92 Å². The molecule has 0 spiro atoms. The highest BCUT2D eigenvalue weighted by molar-refractivity contribution is 5.81. The zero-order valence-corrected chi connectivity index (χ0v) is 15.9. The van der Waals surface area contributed by atoms with Gasteiger partial charge < -0.3 is 24.1 Å². The lowest BCUT2D eigenvalue weighted by Crippen LogP contribution is -2.38. The molecular weight excluding hydrogens is 397 g/mol. The number of carbonyl (C=O) groups is 2. The molecule has 0 amide bonds. The van der Waals surface area contributed by atoms with Crippen molar-refractivity contribution in [2.24, 2.45) is 5.92 Å². The molecule has 2 rings (SSSR count). The number of aldehydes is 1. The predicted molar refractivity (Wildman–Crippen MR) is 94.0 cm³/mol. The summed E-state index contributed by atoms with van der Waals surface area (Å²) in [6.45, 7) is 2.57. The smallest absolute Gasteiger partial charge is 0.504 e. The second-order valence-electron chi connectivity index (χ2n) is 6.55. The van der Waals surface area contributed by atoms with Gasteiger partial charge in [-0.05, 0) is 25.3 Å². The standard InChI is InChI=1S/C19H23F3O7/c1-2-3-4-28-18(25)12-7-14(8-12)26-5-6-27-16-10-15(24)17(9-13(16)11-23)29-19(20,21)22/h9-12,14,24H,2-8H2,1H3. The van der Waals surface area contributed by atoms with Gasteiger partial charge in [-0.1, -0.05) is 13.3 Å². The molecule has 1 aromatic rings. The molecule has 29 heavy (non-hydrogen) atoms. The van der Waals surface area contributed by atoms with Crippen LogP contribution in [0.15, 0.2) is 12.1 Å². The number of benzene rings is 1. The molecule has 7 nitrogen and oxygen atoms in total. The van der Waals surface area contributed by atoms with Crippen molar-refractivity contribution in [2.75, 3.05) is 19.8 Å². The van der Waals surface area contributed by atoms with Crippen LogP contribution < -0.4 is 9.47 Å². The monoisotopic (exact) mass is 420 g/mol. The van der Waals surface area contributed by atoms with E-state index in [1.54, 1.807) is 0 Å². The maximum absolute atomic E-state index is 12.3. The van der Waals surface area contributed by atoms with E-state index in [2.05, 4.69) is 4.74 Å². The Morgan fingerprint density at radius 2 is 1.93 bits per heavy atom. The van der Waals surface area contributed by atoms with Crippen molar-refractivity contribution in [3.63, 3.8) is 0 Å². The molecule has 1 aliphatic carbocycles. The van der Waals surface area contributed by atoms with Crippen LogP contribution in [0.1, 0.15) is 43.0 Å². The van der Waals surface area contributed by atoms with Crippen LogP contribution in [-0.4, -0.2) is 49.6 Å². The number of aromatic hydroxyl groups is 1. The Morgan fingerprint density at radius 1 is 1.21 bits per heavy atom. The third-order valence-electron chi connectivity index (χ3n) is 4.31. The molecule has 0 radical (unpaired) electrons. The summed E-state index contributed by atoms with van der Waals surface area (Å²) in [5.41, 5.74) is -0.208. The van der Waals surface area contributed by atoms with Gasteiger partial charge in [-0.25, -0.2) is 0 Å². The molecule has 0 bridgehead atoms. The summed E-state index contributed by atoms with van der Waals surface area (Å²) in [6.07, 6.45) is -1.94. The lowest BCUT2D eigenvalue weighted by atomic mass is 9.82. The SMILES string of the molecule is CCCCOC(=O)C1CC(OCCOc2cc(O)c(OC(F)(F)F)cc2C=O)C1. The van der Waals surface area contributed by atoms with Crippen molar-refractivity contribution in [3.8, 4) is 17.2 Å². The first-order chi connectivity index (χ1) is 13.7. The minimum Gasteiger partial charge on any atom is -0.504 e. The van der Waals surface area contributed by atoms with Crippen LogP contribution in [0, 0.1) is 5.92 Å². The molecule has 0 aromatic heterocycles. The van der Waals surface area contributed by atoms with E-state index in [0.717, 1.165) is 25.0 Å². The number of hydrogen-bond donors (Lipinski definition) is 1. The summed E-state index contributed by atoms with van der Waals surface area (Å²) in [5, 5.41) is 9.63. The topological polar surface area (TPSA) is 91.3 Å². The average Bonchev–Trinajstić information content (AvgIpc) is 2.60. The summed E-state index contributed by atoms with van der Waals surface area (Å²) < 4.78 is 56.5. The Bertz CT molecular complexity index is 700. The van der Waals surface area contributed by atoms with Gasteiger partial charge in [-0.3, -0.25) is 9.59 Å². The summed E-state index contributed by atoms with van der Waals surface area (Å²) >= 11 is 0. The first-order valence-electron chi connectivity index (χ1n) is 9.22. The molecule has 1 aromatic carbocycles. The zero-order chi connectivity index (χ0) is 21.4. The molecule has 1 saturated carbocycles. The first-order valence-corrected chi connectivity index (χ1v) is 9.22. The highest BCUT2D eigenvalue weighted by atomic mass is 19.4. The highest BCUT2D eigenvalue weighted by Gasteiger charge is 2.36. The van der Waals surface area contributed by atoms with E-state index in [4.69, 9.17) is 14.2 Å². The van der Waals surface area contributed by atoms with Crippen LogP contribution in [0.3, 0.4) is 0 Å². The fourth-order valence-corrected chi connectivity index (χ4v) is 2.68. The molecular formula is C19H23F3O7. The Labute approximate surface area is 165 Å². The van der Waals surface area contributed by atoms with Crippen LogP contribution in [0.4, 0.5) is 13.2 Å². The normalized spacial score (nSPS) is 18.6. The minimum atomic E-state index is -5.00. The third-order valence-corrected chi connectivity index (χ3v) is 4.31. The largest absolute Gasteiger partial charge is 0.573 e. The van der Waals surface area contributed by atoms with Gasteiger partial charge in [0.25, 0.3) is 0 Å². The lowest BCUT2D eigenvalue weighted by Gasteiger charge is -2.33. The second-order valence-corrected chi connectivity index (χ2v) is 6.55. The number of rotatable bonds is 11. The summed E-state index contributed by atoms with van der Waals surface area (Å²) in [6, 6.07) is 1.61. The highest BCUT2D eigenvalue weighted by Crippen LogP contribution is 2.36. The Morgan fingerprint density at radius 3 is 2.55 bits per heavy atom. The quantitative estimate of drug-likeness (QED) is 0.332. The van der Waals surface area contributed by atoms with Crippen molar-refractivity contribution in [1.82, 2.24) is 0 Å². The summed E-state index contributed by atoms with van der Waals surface area (Å²) in [7, 11) is 0. The zero-order valence-electron chi connectivity index (χ0n) is 15.9. The van der Waals surface area contributed by atoms with E-state index in [0.29, 0.717) is 25.7 Å². The molecule has 0 atom stereocenters. The van der Waals surface area contributed by atoms with Gasteiger partial charge in [0.05, 0.1) is 30.8 Å². The fraction of sp³-hybridized carbons (Fsp3) is 0.579. The molecule has 162 valence electrons. The van der Waals surface area contributed by atoms with Gasteiger partial charge in [0, 0.05) is 6.07 Å². The van der Waals surface area contributed by atoms with Crippen LogP contribution in [0.25, 0.3) is 0 Å². The van der Waals surface area contributed by atoms with Crippen molar-refractivity contribution < 1.29 is 46.8 Å². The molecule has 0 aliphatic heterocycles. The van der Waals surface area contributed by atoms with Crippen LogP contribution in [0.2, 0.25) is 0 Å². The second kappa shape index (κ2) is 10.3. The lowest BCUT2D eigenvalue weighted by molar-refractivity contribution is -0.275. The summed E-state index contributed by atoms with van der Waals surface area (Å²) in [5.74, 6) is -2.19. The molecule has 1 aliphatic rings. The fourth-order valence-electron chi connectivity index (χ4n) is 2.68. The predicted octanol–water partition coefficient (Wildman–Crippen LogP) is 3.62. The van der Waals surface area contributed by atoms with Crippen molar-refractivity contribution in [2.45, 2.75) is 45.1 Å². The number of ether oxygens (including phenoxy) is 4. The van der Waals surface area contributed by atoms with Gasteiger partial charge in [-0.15, -0.1) is 13.2 Å². The number of alkyl halides is 3. The first kappa shape index (κ1) is 22.8. The Hall–Kier alpha value is -2.49. The molecule has 0 unspecified atom stereocenters. The number of phenols is 1. The number of hydrogen-bond acceptors (Lipinski definition) is 7. The van der Waals surface area contributed by atoms with E-state index < -0.39 is 17.9 Å². The van der Waals surface area contributed by atoms with Gasteiger partial charge in [0.1, 0.15) is 12.4 Å². The Kier molecular flexibility index (Phi) is 8.12. The van der Waals surface area contributed by atoms with Crippen LogP contribution >= 0.6 is 0 Å². The van der Waals surface area contributed by atoms with Gasteiger partial charge in [0.2, 0.25) is 0 Å².